The minimum atomic E-state index is -4.39. The number of hydrogen-bond donors (Lipinski definition) is 1. The zero-order valence-electron chi connectivity index (χ0n) is 11.6. The van der Waals surface area contributed by atoms with Crippen LogP contribution in [0.2, 0.25) is 0 Å². The molecule has 2 rings (SSSR count). The van der Waals surface area contributed by atoms with Gasteiger partial charge in [-0.2, -0.15) is 13.2 Å². The van der Waals surface area contributed by atoms with Gasteiger partial charge in [-0.3, -0.25) is 0 Å². The summed E-state index contributed by atoms with van der Waals surface area (Å²) in [6, 6.07) is 4.12. The number of nitrogens with zero attached hydrogens (tertiary/aromatic N) is 1. The quantitative estimate of drug-likeness (QED) is 0.859. The van der Waals surface area contributed by atoms with Crippen LogP contribution in [0, 0.1) is 5.92 Å². The van der Waals surface area contributed by atoms with Gasteiger partial charge in [0.2, 0.25) is 0 Å². The van der Waals surface area contributed by atoms with Gasteiger partial charge in [-0.15, -0.1) is 0 Å². The molecule has 1 saturated carbocycles. The Morgan fingerprint density at radius 1 is 1.30 bits per heavy atom. The first-order valence-electron chi connectivity index (χ1n) is 7.01. The first-order chi connectivity index (χ1) is 9.45. The van der Waals surface area contributed by atoms with Crippen LogP contribution in [0.4, 0.5) is 18.9 Å². The van der Waals surface area contributed by atoms with Crippen LogP contribution in [0.3, 0.4) is 0 Å². The summed E-state index contributed by atoms with van der Waals surface area (Å²) >= 11 is 0. The van der Waals surface area contributed by atoms with Crippen molar-refractivity contribution >= 4 is 5.69 Å². The Morgan fingerprint density at radius 3 is 2.50 bits per heavy atom. The molecule has 112 valence electrons. The summed E-state index contributed by atoms with van der Waals surface area (Å²) in [5.41, 5.74) is -0.106. The van der Waals surface area contributed by atoms with Crippen LogP contribution in [0.25, 0.3) is 0 Å². The van der Waals surface area contributed by atoms with Gasteiger partial charge in [-0.25, -0.2) is 0 Å². The molecule has 0 bridgehead atoms. The largest absolute Gasteiger partial charge is 0.418 e. The molecule has 0 aliphatic heterocycles. The second-order valence-electron chi connectivity index (χ2n) is 5.40. The first-order valence-corrected chi connectivity index (χ1v) is 7.01. The normalized spacial score (nSPS) is 15.4. The molecular weight excluding hydrogens is 267 g/mol. The minimum Gasteiger partial charge on any atom is -0.392 e. The third kappa shape index (κ3) is 3.66. The molecule has 20 heavy (non-hydrogen) atoms. The molecule has 0 aromatic heterocycles. The van der Waals surface area contributed by atoms with Crippen LogP contribution < -0.4 is 4.90 Å². The van der Waals surface area contributed by atoms with Crippen LogP contribution in [0.15, 0.2) is 18.2 Å². The average molecular weight is 287 g/mol. The Balaban J connectivity index is 2.35. The lowest BCUT2D eigenvalue weighted by Crippen LogP contribution is -2.29. The van der Waals surface area contributed by atoms with E-state index in [0.717, 1.165) is 25.3 Å². The molecule has 1 N–H and O–H groups in total. The van der Waals surface area contributed by atoms with Crippen LogP contribution in [-0.2, 0) is 12.8 Å². The summed E-state index contributed by atoms with van der Waals surface area (Å²) in [5, 5.41) is 9.04. The van der Waals surface area contributed by atoms with Gasteiger partial charge in [0, 0.05) is 18.8 Å². The summed E-state index contributed by atoms with van der Waals surface area (Å²) in [6.07, 6.45) is -1.37. The van der Waals surface area contributed by atoms with Crippen LogP contribution in [0.5, 0.6) is 0 Å². The summed E-state index contributed by atoms with van der Waals surface area (Å²) in [4.78, 5) is 1.83. The van der Waals surface area contributed by atoms with Crippen molar-refractivity contribution in [2.75, 3.05) is 18.0 Å². The van der Waals surface area contributed by atoms with Crippen LogP contribution >= 0.6 is 0 Å². The van der Waals surface area contributed by atoms with E-state index in [9.17, 15) is 13.2 Å². The van der Waals surface area contributed by atoms with Crippen molar-refractivity contribution < 1.29 is 18.3 Å². The summed E-state index contributed by atoms with van der Waals surface area (Å²) in [5.74, 6) is 0.528. The maximum atomic E-state index is 13.2. The van der Waals surface area contributed by atoms with Crippen molar-refractivity contribution in [2.24, 2.45) is 5.92 Å². The number of hydrogen-bond acceptors (Lipinski definition) is 2. The highest BCUT2D eigenvalue weighted by molar-refractivity contribution is 5.56. The lowest BCUT2D eigenvalue weighted by molar-refractivity contribution is -0.137. The van der Waals surface area contributed by atoms with Crippen molar-refractivity contribution in [3.05, 3.63) is 29.3 Å². The van der Waals surface area contributed by atoms with Crippen LogP contribution in [-0.4, -0.2) is 18.2 Å². The maximum absolute atomic E-state index is 13.2. The summed E-state index contributed by atoms with van der Waals surface area (Å²) in [6.45, 7) is 2.91. The van der Waals surface area contributed by atoms with E-state index in [0.29, 0.717) is 24.6 Å². The fourth-order valence-electron chi connectivity index (χ4n) is 2.38. The summed E-state index contributed by atoms with van der Waals surface area (Å²) < 4.78 is 39.6. The Labute approximate surface area is 117 Å². The van der Waals surface area contributed by atoms with E-state index >= 15 is 0 Å². The number of anilines is 1. The van der Waals surface area contributed by atoms with Crippen molar-refractivity contribution in [2.45, 2.75) is 39.0 Å². The van der Waals surface area contributed by atoms with Gasteiger partial charge in [0.05, 0.1) is 12.2 Å². The highest BCUT2D eigenvalue weighted by atomic mass is 19.4. The number of alkyl halides is 3. The number of halogens is 3. The van der Waals surface area contributed by atoms with E-state index in [-0.39, 0.29) is 12.3 Å². The van der Waals surface area contributed by atoms with Gasteiger partial charge in [0.15, 0.2) is 0 Å². The monoisotopic (exact) mass is 287 g/mol. The zero-order valence-corrected chi connectivity index (χ0v) is 11.6. The van der Waals surface area contributed by atoms with E-state index in [2.05, 4.69) is 0 Å². The van der Waals surface area contributed by atoms with E-state index in [1.54, 1.807) is 6.07 Å². The molecule has 1 aliphatic rings. The molecule has 5 heteroatoms. The molecular formula is C15H20F3NO. The van der Waals surface area contributed by atoms with Gasteiger partial charge < -0.3 is 10.0 Å². The standard InChI is InChI=1S/C15H20F3NO/c1-2-7-19(9-11-3-4-11)14-6-5-12(10-20)8-13(14)15(16,17)18/h5-6,8,11,20H,2-4,7,9-10H2,1H3. The Bertz CT molecular complexity index is 455. The average Bonchev–Trinajstić information content (AvgIpc) is 3.20. The fourth-order valence-corrected chi connectivity index (χ4v) is 2.38. The summed E-state index contributed by atoms with van der Waals surface area (Å²) in [7, 11) is 0. The first kappa shape index (κ1) is 15.2. The molecule has 1 fully saturated rings. The van der Waals surface area contributed by atoms with Gasteiger partial charge in [0.1, 0.15) is 0 Å². The predicted octanol–water partition coefficient (Wildman–Crippen LogP) is 3.82. The van der Waals surface area contributed by atoms with Gasteiger partial charge in [-0.05, 0) is 42.9 Å². The number of rotatable bonds is 6. The number of aliphatic hydroxyl groups excluding tert-OH is 1. The Kier molecular flexibility index (Phi) is 4.58. The van der Waals surface area contributed by atoms with Crippen molar-refractivity contribution in [3.8, 4) is 0 Å². The molecule has 0 amide bonds. The zero-order chi connectivity index (χ0) is 14.8. The second kappa shape index (κ2) is 6.04. The van der Waals surface area contributed by atoms with Crippen LogP contribution in [0.1, 0.15) is 37.3 Å². The molecule has 0 spiro atoms. The molecule has 1 aromatic rings. The fraction of sp³-hybridized carbons (Fsp3) is 0.600. The van der Waals surface area contributed by atoms with E-state index in [4.69, 9.17) is 5.11 Å². The van der Waals surface area contributed by atoms with E-state index < -0.39 is 11.7 Å². The molecule has 0 heterocycles. The molecule has 0 saturated heterocycles. The third-order valence-electron chi connectivity index (χ3n) is 3.56. The maximum Gasteiger partial charge on any atom is 0.418 e. The molecule has 1 aliphatic carbocycles. The number of benzene rings is 1. The SMILES string of the molecule is CCCN(CC1CC1)c1ccc(CO)cc1C(F)(F)F. The molecule has 2 nitrogen and oxygen atoms in total. The highest BCUT2D eigenvalue weighted by Crippen LogP contribution is 2.39. The highest BCUT2D eigenvalue weighted by Gasteiger charge is 2.36. The lowest BCUT2D eigenvalue weighted by atomic mass is 10.1. The number of aliphatic hydroxyl groups is 1. The van der Waals surface area contributed by atoms with Gasteiger partial charge in [0.25, 0.3) is 0 Å². The van der Waals surface area contributed by atoms with Gasteiger partial charge in [-0.1, -0.05) is 13.0 Å². The predicted molar refractivity (Wildman–Crippen MR) is 72.6 cm³/mol. The Morgan fingerprint density at radius 2 is 2.00 bits per heavy atom. The van der Waals surface area contributed by atoms with Crippen molar-refractivity contribution in [1.82, 2.24) is 0 Å². The van der Waals surface area contributed by atoms with E-state index in [1.165, 1.54) is 6.07 Å². The third-order valence-corrected chi connectivity index (χ3v) is 3.56. The molecule has 1 aromatic carbocycles. The smallest absolute Gasteiger partial charge is 0.392 e. The van der Waals surface area contributed by atoms with Crippen molar-refractivity contribution in [3.63, 3.8) is 0 Å². The molecule has 0 radical (unpaired) electrons. The van der Waals surface area contributed by atoms with Gasteiger partial charge >= 0.3 is 6.18 Å². The van der Waals surface area contributed by atoms with Crippen molar-refractivity contribution in [1.29, 1.82) is 0 Å². The van der Waals surface area contributed by atoms with E-state index in [1.807, 2.05) is 11.8 Å². The molecule has 0 atom stereocenters. The lowest BCUT2D eigenvalue weighted by Gasteiger charge is -2.28. The topological polar surface area (TPSA) is 23.5 Å². The minimum absolute atomic E-state index is 0.239. The Hall–Kier alpha value is -1.23. The second-order valence-corrected chi connectivity index (χ2v) is 5.40. The molecule has 0 unspecified atom stereocenters.